The van der Waals surface area contributed by atoms with Gasteiger partial charge in [0.1, 0.15) is 18.2 Å². The number of halogens is 1. The molecule has 0 radical (unpaired) electrons. The van der Waals surface area contributed by atoms with E-state index in [0.717, 1.165) is 0 Å². The van der Waals surface area contributed by atoms with E-state index in [2.05, 4.69) is 15.0 Å². The number of ether oxygens (including phenoxy) is 1. The third kappa shape index (κ3) is 4.71. The Morgan fingerprint density at radius 1 is 1.26 bits per heavy atom. The summed E-state index contributed by atoms with van der Waals surface area (Å²) in [5, 5.41) is 0.305. The van der Waals surface area contributed by atoms with Crippen LogP contribution in [0.5, 0.6) is 0 Å². The second kappa shape index (κ2) is 8.17. The third-order valence-electron chi connectivity index (χ3n) is 2.98. The fourth-order valence-electron chi connectivity index (χ4n) is 2.04. The standard InChI is InChI=1S/C13H20ClN4O4P/c1-4-21-23(19,22-5-2)9-20-10(3)6-18-8-17-11-12(14)15-7-16-13(11)18/h7-8,10H,4-6,9H2,1-3H3/t10-/m1/s1. The smallest absolute Gasteiger partial charge is 0.356 e. The topological polar surface area (TPSA) is 88.4 Å². The van der Waals surface area contributed by atoms with E-state index < -0.39 is 7.60 Å². The normalized spacial score (nSPS) is 13.6. The molecule has 0 saturated heterocycles. The molecule has 128 valence electrons. The number of nitrogens with zero attached hydrogens (tertiary/aromatic N) is 4. The van der Waals surface area contributed by atoms with Crippen molar-refractivity contribution >= 4 is 30.4 Å². The van der Waals surface area contributed by atoms with Gasteiger partial charge < -0.3 is 18.4 Å². The summed E-state index contributed by atoms with van der Waals surface area (Å²) in [4.78, 5) is 12.2. The zero-order valence-corrected chi connectivity index (χ0v) is 15.0. The average molecular weight is 363 g/mol. The van der Waals surface area contributed by atoms with Gasteiger partial charge >= 0.3 is 7.60 Å². The van der Waals surface area contributed by atoms with Gasteiger partial charge in [0.05, 0.1) is 32.2 Å². The number of hydrogen-bond acceptors (Lipinski definition) is 7. The number of fused-ring (bicyclic) bond motifs is 1. The Bertz CT molecular complexity index is 686. The van der Waals surface area contributed by atoms with E-state index in [0.29, 0.717) is 36.1 Å². The highest BCUT2D eigenvalue weighted by molar-refractivity contribution is 7.53. The predicted molar refractivity (Wildman–Crippen MR) is 86.6 cm³/mol. The van der Waals surface area contributed by atoms with Gasteiger partial charge in [0, 0.05) is 0 Å². The maximum atomic E-state index is 12.4. The molecule has 0 aliphatic carbocycles. The molecular formula is C13H20ClN4O4P. The number of rotatable bonds is 9. The molecular weight excluding hydrogens is 343 g/mol. The summed E-state index contributed by atoms with van der Waals surface area (Å²) in [6, 6.07) is 0. The third-order valence-corrected chi connectivity index (χ3v) is 5.02. The first-order chi connectivity index (χ1) is 11.0. The van der Waals surface area contributed by atoms with Crippen LogP contribution in [0.2, 0.25) is 5.15 Å². The molecule has 2 heterocycles. The van der Waals surface area contributed by atoms with E-state index in [1.807, 2.05) is 6.92 Å². The van der Waals surface area contributed by atoms with Gasteiger partial charge in [0.15, 0.2) is 10.8 Å². The summed E-state index contributed by atoms with van der Waals surface area (Å²) in [7, 11) is -3.21. The van der Waals surface area contributed by atoms with Gasteiger partial charge in [-0.05, 0) is 20.8 Å². The Morgan fingerprint density at radius 3 is 2.61 bits per heavy atom. The predicted octanol–water partition coefficient (Wildman–Crippen LogP) is 3.11. The lowest BCUT2D eigenvalue weighted by molar-refractivity contribution is 0.0672. The van der Waals surface area contributed by atoms with Crippen LogP contribution >= 0.6 is 19.2 Å². The number of hydrogen-bond donors (Lipinski definition) is 0. The van der Waals surface area contributed by atoms with Crippen molar-refractivity contribution < 1.29 is 18.3 Å². The molecule has 8 nitrogen and oxygen atoms in total. The summed E-state index contributed by atoms with van der Waals surface area (Å²) in [6.07, 6.45) is 2.66. The summed E-state index contributed by atoms with van der Waals surface area (Å²) >= 11 is 5.97. The molecule has 0 N–H and O–H groups in total. The molecule has 23 heavy (non-hydrogen) atoms. The first kappa shape index (κ1) is 18.3. The second-order valence-corrected chi connectivity index (χ2v) is 7.14. The molecule has 0 saturated carbocycles. The highest BCUT2D eigenvalue weighted by Gasteiger charge is 2.25. The van der Waals surface area contributed by atoms with Crippen molar-refractivity contribution in [2.45, 2.75) is 33.4 Å². The summed E-state index contributed by atoms with van der Waals surface area (Å²) < 4.78 is 30.2. The lowest BCUT2D eigenvalue weighted by Gasteiger charge is -2.20. The summed E-state index contributed by atoms with van der Waals surface area (Å²) in [5.74, 6) is 0. The van der Waals surface area contributed by atoms with Crippen molar-refractivity contribution in [1.29, 1.82) is 0 Å². The van der Waals surface area contributed by atoms with Gasteiger partial charge in [-0.25, -0.2) is 15.0 Å². The number of imidazole rings is 1. The zero-order chi connectivity index (χ0) is 16.9. The van der Waals surface area contributed by atoms with Gasteiger partial charge in [-0.1, -0.05) is 11.6 Å². The van der Waals surface area contributed by atoms with Crippen LogP contribution in [0.3, 0.4) is 0 Å². The minimum absolute atomic E-state index is 0.0990. The van der Waals surface area contributed by atoms with Crippen molar-refractivity contribution in [3.8, 4) is 0 Å². The van der Waals surface area contributed by atoms with Gasteiger partial charge in [-0.2, -0.15) is 0 Å². The lowest BCUT2D eigenvalue weighted by Crippen LogP contribution is -2.18. The van der Waals surface area contributed by atoms with Gasteiger partial charge in [-0.3, -0.25) is 4.57 Å². The lowest BCUT2D eigenvalue weighted by atomic mass is 10.4. The molecule has 1 atom stereocenters. The Hall–Kier alpha value is -1.05. The second-order valence-electron chi connectivity index (χ2n) is 4.79. The molecule has 10 heteroatoms. The van der Waals surface area contributed by atoms with Crippen molar-refractivity contribution in [3.05, 3.63) is 17.8 Å². The molecule has 0 amide bonds. The van der Waals surface area contributed by atoms with E-state index in [9.17, 15) is 4.57 Å². The van der Waals surface area contributed by atoms with Crippen LogP contribution in [0.15, 0.2) is 12.7 Å². The Balaban J connectivity index is 2.00. The van der Waals surface area contributed by atoms with E-state index in [1.54, 1.807) is 24.7 Å². The van der Waals surface area contributed by atoms with E-state index in [4.69, 9.17) is 25.4 Å². The SMILES string of the molecule is CCOP(=O)(CO[C@H](C)Cn1cnc2c(Cl)ncnc21)OCC. The van der Waals surface area contributed by atoms with Crippen LogP contribution in [0.25, 0.3) is 11.2 Å². The van der Waals surface area contributed by atoms with Crippen molar-refractivity contribution in [2.75, 3.05) is 19.6 Å². The van der Waals surface area contributed by atoms with Gasteiger partial charge in [0.25, 0.3) is 0 Å². The molecule has 0 aliphatic rings. The van der Waals surface area contributed by atoms with Crippen molar-refractivity contribution in [3.63, 3.8) is 0 Å². The van der Waals surface area contributed by atoms with Crippen LogP contribution in [-0.2, 0) is 24.9 Å². The first-order valence-corrected chi connectivity index (χ1v) is 9.40. The molecule has 0 fully saturated rings. The monoisotopic (exact) mass is 362 g/mol. The van der Waals surface area contributed by atoms with Crippen LogP contribution < -0.4 is 0 Å². The summed E-state index contributed by atoms with van der Waals surface area (Å²) in [5.41, 5.74) is 1.16. The highest BCUT2D eigenvalue weighted by Crippen LogP contribution is 2.48. The Kier molecular flexibility index (Phi) is 6.50. The van der Waals surface area contributed by atoms with Crippen LogP contribution in [0.4, 0.5) is 0 Å². The zero-order valence-electron chi connectivity index (χ0n) is 13.3. The molecule has 0 spiro atoms. The minimum atomic E-state index is -3.21. The average Bonchev–Trinajstić information content (AvgIpc) is 2.91. The molecule has 2 rings (SSSR count). The molecule has 0 aliphatic heterocycles. The molecule has 0 unspecified atom stereocenters. The van der Waals surface area contributed by atoms with Crippen LogP contribution in [0, 0.1) is 0 Å². The number of aromatic nitrogens is 4. The maximum absolute atomic E-state index is 12.4. The largest absolute Gasteiger partial charge is 0.364 e. The molecule has 2 aromatic heterocycles. The fraction of sp³-hybridized carbons (Fsp3) is 0.615. The van der Waals surface area contributed by atoms with E-state index >= 15 is 0 Å². The van der Waals surface area contributed by atoms with Gasteiger partial charge in [0.2, 0.25) is 0 Å². The molecule has 0 aromatic carbocycles. The molecule has 2 aromatic rings. The van der Waals surface area contributed by atoms with Gasteiger partial charge in [-0.15, -0.1) is 0 Å². The Morgan fingerprint density at radius 2 is 1.96 bits per heavy atom. The van der Waals surface area contributed by atoms with Crippen molar-refractivity contribution in [2.24, 2.45) is 0 Å². The van der Waals surface area contributed by atoms with E-state index in [1.165, 1.54) is 6.33 Å². The van der Waals surface area contributed by atoms with Crippen LogP contribution in [0.1, 0.15) is 20.8 Å². The quantitative estimate of drug-likeness (QED) is 0.500. The fourth-order valence-corrected chi connectivity index (χ4v) is 3.66. The highest BCUT2D eigenvalue weighted by atomic mass is 35.5. The first-order valence-electron chi connectivity index (χ1n) is 7.30. The Labute approximate surface area is 139 Å². The van der Waals surface area contributed by atoms with E-state index in [-0.39, 0.29) is 12.5 Å². The minimum Gasteiger partial charge on any atom is -0.364 e. The summed E-state index contributed by atoms with van der Waals surface area (Å²) in [6.45, 7) is 6.46. The maximum Gasteiger partial charge on any atom is 0.356 e. The van der Waals surface area contributed by atoms with Crippen molar-refractivity contribution in [1.82, 2.24) is 19.5 Å². The molecule has 0 bridgehead atoms. The van der Waals surface area contributed by atoms with Crippen LogP contribution in [-0.4, -0.2) is 45.2 Å².